The van der Waals surface area contributed by atoms with Crippen LogP contribution in [-0.2, 0) is 4.74 Å². The van der Waals surface area contributed by atoms with Crippen LogP contribution >= 0.6 is 0 Å². The maximum atomic E-state index is 8.86. The third-order valence-corrected chi connectivity index (χ3v) is 4.43. The SMILES string of the molecule is CO[C@]1(C=CC=CC#N)CC[C@H](c2ccc(C#N)cc2)CC1. The summed E-state index contributed by atoms with van der Waals surface area (Å²) in [6.45, 7) is 0. The average Bonchev–Trinajstić information content (AvgIpc) is 2.59. The van der Waals surface area contributed by atoms with Crippen molar-refractivity contribution in [3.05, 3.63) is 59.7 Å². The minimum Gasteiger partial charge on any atom is -0.374 e. The smallest absolute Gasteiger partial charge is 0.0991 e. The van der Waals surface area contributed by atoms with Gasteiger partial charge in [-0.1, -0.05) is 30.4 Å². The van der Waals surface area contributed by atoms with Crippen LogP contribution in [0, 0.1) is 22.7 Å². The Morgan fingerprint density at radius 3 is 2.36 bits per heavy atom. The lowest BCUT2D eigenvalue weighted by Crippen LogP contribution is -2.33. The van der Waals surface area contributed by atoms with Crippen LogP contribution in [0.2, 0.25) is 0 Å². The van der Waals surface area contributed by atoms with Crippen molar-refractivity contribution in [1.82, 2.24) is 0 Å². The van der Waals surface area contributed by atoms with E-state index in [9.17, 15) is 0 Å². The second kappa shape index (κ2) is 7.59. The molecule has 1 aromatic carbocycles. The molecular formula is C19H20N2O. The minimum absolute atomic E-state index is 0.219. The quantitative estimate of drug-likeness (QED) is 0.616. The van der Waals surface area contributed by atoms with Crippen molar-refractivity contribution in [2.24, 2.45) is 0 Å². The van der Waals surface area contributed by atoms with Crippen LogP contribution in [0.25, 0.3) is 0 Å². The Labute approximate surface area is 132 Å². The fraction of sp³-hybridized carbons (Fsp3) is 0.368. The van der Waals surface area contributed by atoms with Crippen LogP contribution in [-0.4, -0.2) is 12.7 Å². The number of rotatable bonds is 4. The molecule has 3 heteroatoms. The first-order valence-electron chi connectivity index (χ1n) is 7.52. The largest absolute Gasteiger partial charge is 0.374 e. The lowest BCUT2D eigenvalue weighted by Gasteiger charge is -2.37. The van der Waals surface area contributed by atoms with E-state index in [1.807, 2.05) is 24.3 Å². The summed E-state index contributed by atoms with van der Waals surface area (Å²) in [5.74, 6) is 0.527. The highest BCUT2D eigenvalue weighted by Gasteiger charge is 2.33. The second-order valence-electron chi connectivity index (χ2n) is 5.62. The van der Waals surface area contributed by atoms with Crippen LogP contribution < -0.4 is 0 Å². The van der Waals surface area contributed by atoms with E-state index in [0.29, 0.717) is 11.5 Å². The first kappa shape index (κ1) is 16.0. The van der Waals surface area contributed by atoms with Gasteiger partial charge in [0.1, 0.15) is 0 Å². The first-order valence-corrected chi connectivity index (χ1v) is 7.52. The Bertz CT molecular complexity index is 621. The number of hydrogen-bond acceptors (Lipinski definition) is 3. The first-order chi connectivity index (χ1) is 10.7. The lowest BCUT2D eigenvalue weighted by atomic mass is 9.75. The summed E-state index contributed by atoms with van der Waals surface area (Å²) in [6.07, 6.45) is 11.2. The Morgan fingerprint density at radius 1 is 1.14 bits per heavy atom. The number of ether oxygens (including phenoxy) is 1. The highest BCUT2D eigenvalue weighted by Crippen LogP contribution is 2.40. The maximum Gasteiger partial charge on any atom is 0.0991 e. The Balaban J connectivity index is 2.01. The van der Waals surface area contributed by atoms with Crippen molar-refractivity contribution < 1.29 is 4.74 Å². The molecule has 22 heavy (non-hydrogen) atoms. The summed E-state index contributed by atoms with van der Waals surface area (Å²) in [5.41, 5.74) is 1.79. The maximum absolute atomic E-state index is 8.86. The van der Waals surface area contributed by atoms with Crippen LogP contribution in [0.1, 0.15) is 42.7 Å². The van der Waals surface area contributed by atoms with Crippen molar-refractivity contribution in [2.75, 3.05) is 7.11 Å². The number of nitrogens with zero attached hydrogens (tertiary/aromatic N) is 2. The number of benzene rings is 1. The normalized spacial score (nSPS) is 25.1. The highest BCUT2D eigenvalue weighted by atomic mass is 16.5. The van der Waals surface area contributed by atoms with Gasteiger partial charge in [-0.2, -0.15) is 10.5 Å². The molecule has 0 N–H and O–H groups in total. The molecule has 1 aromatic rings. The molecule has 0 bridgehead atoms. The molecule has 0 amide bonds. The van der Waals surface area contributed by atoms with Crippen molar-refractivity contribution in [1.29, 1.82) is 10.5 Å². The number of methoxy groups -OCH3 is 1. The van der Waals surface area contributed by atoms with Crippen molar-refractivity contribution >= 4 is 0 Å². The molecule has 112 valence electrons. The summed E-state index contributed by atoms with van der Waals surface area (Å²) in [5, 5.41) is 17.4. The third-order valence-electron chi connectivity index (χ3n) is 4.43. The lowest BCUT2D eigenvalue weighted by molar-refractivity contribution is -0.00220. The molecular weight excluding hydrogens is 272 g/mol. The fourth-order valence-electron chi connectivity index (χ4n) is 3.04. The van der Waals surface area contributed by atoms with Gasteiger partial charge in [0, 0.05) is 13.2 Å². The zero-order chi connectivity index (χ0) is 15.8. The van der Waals surface area contributed by atoms with Gasteiger partial charge in [-0.25, -0.2) is 0 Å². The van der Waals surface area contributed by atoms with Crippen molar-refractivity contribution in [2.45, 2.75) is 37.2 Å². The summed E-state index contributed by atoms with van der Waals surface area (Å²) in [7, 11) is 1.75. The van der Waals surface area contributed by atoms with Crippen LogP contribution in [0.15, 0.2) is 48.6 Å². The van der Waals surface area contributed by atoms with Crippen molar-refractivity contribution in [3.63, 3.8) is 0 Å². The van der Waals surface area contributed by atoms with E-state index in [0.717, 1.165) is 25.7 Å². The van der Waals surface area contributed by atoms with Gasteiger partial charge in [-0.3, -0.25) is 0 Å². The second-order valence-corrected chi connectivity index (χ2v) is 5.62. The molecule has 0 atom stereocenters. The van der Waals surface area contributed by atoms with Gasteiger partial charge in [-0.05, 0) is 49.3 Å². The topological polar surface area (TPSA) is 56.8 Å². The molecule has 3 nitrogen and oxygen atoms in total. The molecule has 0 heterocycles. The van der Waals surface area contributed by atoms with E-state index in [1.54, 1.807) is 13.2 Å². The van der Waals surface area contributed by atoms with Gasteiger partial charge in [0.15, 0.2) is 0 Å². The highest BCUT2D eigenvalue weighted by molar-refractivity contribution is 5.33. The summed E-state index contributed by atoms with van der Waals surface area (Å²) in [6, 6.07) is 12.0. The molecule has 0 spiro atoms. The molecule has 0 unspecified atom stereocenters. The van der Waals surface area contributed by atoms with E-state index < -0.39 is 0 Å². The standard InChI is InChI=1S/C19H20N2O/c1-22-19(11-3-2-4-14-20)12-9-18(10-13-19)17-7-5-16(15-21)6-8-17/h2-8,11,18H,9-10,12-13H2,1H3/t18-,19+. The zero-order valence-electron chi connectivity index (χ0n) is 12.8. The van der Waals surface area contributed by atoms with Gasteiger partial charge in [0.2, 0.25) is 0 Å². The summed E-state index contributed by atoms with van der Waals surface area (Å²) in [4.78, 5) is 0. The van der Waals surface area contributed by atoms with Crippen LogP contribution in [0.3, 0.4) is 0 Å². The molecule has 0 saturated heterocycles. The van der Waals surface area contributed by atoms with E-state index in [4.69, 9.17) is 15.3 Å². The monoisotopic (exact) mass is 292 g/mol. The molecule has 2 rings (SSSR count). The van der Waals surface area contributed by atoms with Gasteiger partial charge in [0.05, 0.1) is 23.3 Å². The number of nitriles is 2. The molecule has 0 aliphatic heterocycles. The van der Waals surface area contributed by atoms with Crippen molar-refractivity contribution in [3.8, 4) is 12.1 Å². The molecule has 1 aliphatic rings. The minimum atomic E-state index is -0.219. The summed E-state index contributed by atoms with van der Waals surface area (Å²) < 4.78 is 5.73. The molecule has 0 radical (unpaired) electrons. The average molecular weight is 292 g/mol. The van der Waals surface area contributed by atoms with E-state index in [1.165, 1.54) is 11.6 Å². The van der Waals surface area contributed by atoms with Gasteiger partial charge < -0.3 is 4.74 Å². The molecule has 1 fully saturated rings. The Kier molecular flexibility index (Phi) is 5.53. The van der Waals surface area contributed by atoms with Gasteiger partial charge in [0.25, 0.3) is 0 Å². The predicted molar refractivity (Wildman–Crippen MR) is 86.0 cm³/mol. The molecule has 1 saturated carbocycles. The van der Waals surface area contributed by atoms with E-state index >= 15 is 0 Å². The number of hydrogen-bond donors (Lipinski definition) is 0. The Morgan fingerprint density at radius 2 is 1.82 bits per heavy atom. The van der Waals surface area contributed by atoms with Gasteiger partial charge in [-0.15, -0.1) is 0 Å². The van der Waals surface area contributed by atoms with E-state index in [2.05, 4.69) is 24.3 Å². The third kappa shape index (κ3) is 3.85. The predicted octanol–water partition coefficient (Wildman–Crippen LogP) is 4.24. The Hall–Kier alpha value is -2.36. The summed E-state index contributed by atoms with van der Waals surface area (Å²) >= 11 is 0. The van der Waals surface area contributed by atoms with Crippen LogP contribution in [0.5, 0.6) is 0 Å². The van der Waals surface area contributed by atoms with E-state index in [-0.39, 0.29) is 5.60 Å². The fourth-order valence-corrected chi connectivity index (χ4v) is 3.04. The molecule has 1 aliphatic carbocycles. The zero-order valence-corrected chi connectivity index (χ0v) is 12.8. The van der Waals surface area contributed by atoms with Crippen LogP contribution in [0.4, 0.5) is 0 Å². The van der Waals surface area contributed by atoms with Gasteiger partial charge >= 0.3 is 0 Å². The molecule has 0 aromatic heterocycles. The number of allylic oxidation sites excluding steroid dienone is 3.